The van der Waals surface area contributed by atoms with Gasteiger partial charge in [-0.25, -0.2) is 0 Å². The molecule has 0 bridgehead atoms. The summed E-state index contributed by atoms with van der Waals surface area (Å²) >= 11 is 0. The van der Waals surface area contributed by atoms with E-state index in [9.17, 15) is 0 Å². The highest BCUT2D eigenvalue weighted by atomic mass is 15.3. The Morgan fingerprint density at radius 1 is 1.35 bits per heavy atom. The largest absolute Gasteiger partial charge is 0.330 e. The Labute approximate surface area is 104 Å². The third kappa shape index (κ3) is 1.90. The molecule has 0 atom stereocenters. The van der Waals surface area contributed by atoms with Crippen molar-refractivity contribution in [2.24, 2.45) is 5.73 Å². The number of hydrogen-bond donors (Lipinski definition) is 1. The highest BCUT2D eigenvalue weighted by Gasteiger charge is 2.41. The maximum Gasteiger partial charge on any atom is 0.0634 e. The van der Waals surface area contributed by atoms with Crippen LogP contribution in [-0.4, -0.2) is 16.3 Å². The summed E-state index contributed by atoms with van der Waals surface area (Å²) in [6, 6.07) is 0.442. The van der Waals surface area contributed by atoms with Crippen molar-refractivity contribution in [3.63, 3.8) is 0 Å². The van der Waals surface area contributed by atoms with Crippen molar-refractivity contribution in [1.29, 1.82) is 0 Å². The van der Waals surface area contributed by atoms with Gasteiger partial charge < -0.3 is 5.73 Å². The summed E-state index contributed by atoms with van der Waals surface area (Å²) in [5.74, 6) is 0. The van der Waals surface area contributed by atoms with Crippen LogP contribution < -0.4 is 5.73 Å². The number of aromatic nitrogens is 2. The zero-order chi connectivity index (χ0) is 12.6. The number of nitrogens with zero attached hydrogens (tertiary/aromatic N) is 2. The first-order valence-electron chi connectivity index (χ1n) is 6.78. The fourth-order valence-corrected chi connectivity index (χ4v) is 3.44. The summed E-state index contributed by atoms with van der Waals surface area (Å²) in [7, 11) is 0. The average molecular weight is 235 g/mol. The van der Waals surface area contributed by atoms with Gasteiger partial charge in [-0.1, -0.05) is 6.42 Å². The minimum Gasteiger partial charge on any atom is -0.330 e. The maximum atomic E-state index is 5.80. The summed E-state index contributed by atoms with van der Waals surface area (Å²) in [6.07, 6.45) is 5.02. The lowest BCUT2D eigenvalue weighted by atomic mass is 9.62. The van der Waals surface area contributed by atoms with E-state index in [0.717, 1.165) is 13.0 Å². The first-order chi connectivity index (χ1) is 8.02. The lowest BCUT2D eigenvalue weighted by Crippen LogP contribution is -2.37. The van der Waals surface area contributed by atoms with Gasteiger partial charge in [-0.2, -0.15) is 5.10 Å². The SMILES string of the molecule is Cc1nn(C(C)C)c(C)c1C1(CCN)CCC1. The molecule has 96 valence electrons. The van der Waals surface area contributed by atoms with E-state index in [0.29, 0.717) is 11.5 Å². The Bertz CT molecular complexity index is 400. The molecule has 0 aromatic carbocycles. The second-order valence-electron chi connectivity index (χ2n) is 5.76. The maximum absolute atomic E-state index is 5.80. The van der Waals surface area contributed by atoms with Crippen LogP contribution in [0.5, 0.6) is 0 Å². The summed E-state index contributed by atoms with van der Waals surface area (Å²) < 4.78 is 2.17. The van der Waals surface area contributed by atoms with E-state index in [2.05, 4.69) is 32.4 Å². The molecule has 1 aromatic rings. The molecule has 2 rings (SSSR count). The summed E-state index contributed by atoms with van der Waals surface area (Å²) in [5, 5.41) is 4.72. The number of nitrogens with two attached hydrogens (primary N) is 1. The molecule has 0 aliphatic heterocycles. The van der Waals surface area contributed by atoms with E-state index >= 15 is 0 Å². The number of hydrogen-bond acceptors (Lipinski definition) is 2. The lowest BCUT2D eigenvalue weighted by molar-refractivity contribution is 0.227. The predicted molar refractivity (Wildman–Crippen MR) is 71.3 cm³/mol. The highest BCUT2D eigenvalue weighted by molar-refractivity contribution is 5.36. The van der Waals surface area contributed by atoms with Crippen LogP contribution in [0.25, 0.3) is 0 Å². The molecular weight excluding hydrogens is 210 g/mol. The Hall–Kier alpha value is -0.830. The van der Waals surface area contributed by atoms with Crippen LogP contribution in [0.15, 0.2) is 0 Å². The Kier molecular flexibility index (Phi) is 3.30. The monoisotopic (exact) mass is 235 g/mol. The summed E-state index contributed by atoms with van der Waals surface area (Å²) in [6.45, 7) is 9.54. The fraction of sp³-hybridized carbons (Fsp3) is 0.786. The molecule has 1 aromatic heterocycles. The zero-order valence-corrected chi connectivity index (χ0v) is 11.6. The van der Waals surface area contributed by atoms with Crippen molar-refractivity contribution in [3.05, 3.63) is 17.0 Å². The van der Waals surface area contributed by atoms with Crippen LogP contribution in [0.3, 0.4) is 0 Å². The van der Waals surface area contributed by atoms with Crippen molar-refractivity contribution in [2.75, 3.05) is 6.54 Å². The molecule has 1 heterocycles. The molecule has 2 N–H and O–H groups in total. The van der Waals surface area contributed by atoms with E-state index in [1.807, 2.05) is 0 Å². The second kappa shape index (κ2) is 4.45. The van der Waals surface area contributed by atoms with Gasteiger partial charge in [-0.15, -0.1) is 0 Å². The van der Waals surface area contributed by atoms with Crippen LogP contribution in [0.2, 0.25) is 0 Å². The van der Waals surface area contributed by atoms with Crippen LogP contribution in [0, 0.1) is 13.8 Å². The Morgan fingerprint density at radius 3 is 2.35 bits per heavy atom. The zero-order valence-electron chi connectivity index (χ0n) is 11.6. The standard InChI is InChI=1S/C14H25N3/c1-10(2)17-12(4)13(11(3)16-17)14(8-9-15)6-5-7-14/h10H,5-9,15H2,1-4H3. The minimum atomic E-state index is 0.343. The normalized spacial score (nSPS) is 18.5. The van der Waals surface area contributed by atoms with Crippen LogP contribution in [0.1, 0.15) is 62.5 Å². The first kappa shape index (κ1) is 12.6. The van der Waals surface area contributed by atoms with Crippen LogP contribution in [-0.2, 0) is 5.41 Å². The van der Waals surface area contributed by atoms with E-state index in [4.69, 9.17) is 10.8 Å². The summed E-state index contributed by atoms with van der Waals surface area (Å²) in [5.41, 5.74) is 10.2. The number of aryl methyl sites for hydroxylation is 1. The van der Waals surface area contributed by atoms with Crippen molar-refractivity contribution < 1.29 is 0 Å². The Morgan fingerprint density at radius 2 is 2.00 bits per heavy atom. The first-order valence-corrected chi connectivity index (χ1v) is 6.78. The van der Waals surface area contributed by atoms with Crippen molar-refractivity contribution in [1.82, 2.24) is 9.78 Å². The molecule has 0 amide bonds. The Balaban J connectivity index is 2.44. The van der Waals surface area contributed by atoms with Gasteiger partial charge in [0.2, 0.25) is 0 Å². The van der Waals surface area contributed by atoms with Gasteiger partial charge in [0.1, 0.15) is 0 Å². The summed E-state index contributed by atoms with van der Waals surface area (Å²) in [4.78, 5) is 0. The van der Waals surface area contributed by atoms with E-state index in [1.54, 1.807) is 0 Å². The van der Waals surface area contributed by atoms with Gasteiger partial charge in [0, 0.05) is 22.7 Å². The topological polar surface area (TPSA) is 43.8 Å². The van der Waals surface area contributed by atoms with Crippen molar-refractivity contribution in [2.45, 2.75) is 64.8 Å². The molecule has 17 heavy (non-hydrogen) atoms. The molecule has 1 aliphatic rings. The fourth-order valence-electron chi connectivity index (χ4n) is 3.44. The van der Waals surface area contributed by atoms with Gasteiger partial charge in [0.25, 0.3) is 0 Å². The minimum absolute atomic E-state index is 0.343. The molecule has 0 radical (unpaired) electrons. The lowest BCUT2D eigenvalue weighted by Gasteiger charge is -2.42. The highest BCUT2D eigenvalue weighted by Crippen LogP contribution is 2.48. The molecule has 0 saturated heterocycles. The smallest absolute Gasteiger partial charge is 0.0634 e. The van der Waals surface area contributed by atoms with Gasteiger partial charge in [-0.3, -0.25) is 4.68 Å². The van der Waals surface area contributed by atoms with Crippen molar-refractivity contribution >= 4 is 0 Å². The second-order valence-corrected chi connectivity index (χ2v) is 5.76. The number of rotatable bonds is 4. The van der Waals surface area contributed by atoms with E-state index in [1.165, 1.54) is 36.2 Å². The molecule has 0 unspecified atom stereocenters. The van der Waals surface area contributed by atoms with Crippen molar-refractivity contribution in [3.8, 4) is 0 Å². The quantitative estimate of drug-likeness (QED) is 0.872. The molecule has 3 heteroatoms. The van der Waals surface area contributed by atoms with Crippen LogP contribution >= 0.6 is 0 Å². The van der Waals surface area contributed by atoms with Gasteiger partial charge >= 0.3 is 0 Å². The molecule has 1 fully saturated rings. The molecule has 1 saturated carbocycles. The van der Waals surface area contributed by atoms with Gasteiger partial charge in [0.05, 0.1) is 5.69 Å². The predicted octanol–water partition coefficient (Wildman–Crippen LogP) is 2.85. The van der Waals surface area contributed by atoms with E-state index in [-0.39, 0.29) is 0 Å². The van der Waals surface area contributed by atoms with E-state index < -0.39 is 0 Å². The molecular formula is C14H25N3. The molecule has 1 aliphatic carbocycles. The van der Waals surface area contributed by atoms with Crippen LogP contribution in [0.4, 0.5) is 0 Å². The molecule has 0 spiro atoms. The average Bonchev–Trinajstić information content (AvgIpc) is 2.50. The molecule has 3 nitrogen and oxygen atoms in total. The van der Waals surface area contributed by atoms with Gasteiger partial charge in [0.15, 0.2) is 0 Å². The third-order valence-corrected chi connectivity index (χ3v) is 4.28. The van der Waals surface area contributed by atoms with Gasteiger partial charge in [-0.05, 0) is 53.5 Å². The third-order valence-electron chi connectivity index (χ3n) is 4.28.